The molecule has 2 heteroatoms. The third-order valence-corrected chi connectivity index (χ3v) is 4.35. The summed E-state index contributed by atoms with van der Waals surface area (Å²) in [4.78, 5) is 5.77. The summed E-state index contributed by atoms with van der Waals surface area (Å²) in [7, 11) is 0. The van der Waals surface area contributed by atoms with Gasteiger partial charge in [0.2, 0.25) is 0 Å². The number of nitrogens with one attached hydrogen (secondary N) is 1. The Morgan fingerprint density at radius 2 is 1.77 bits per heavy atom. The number of rotatable bonds is 0. The summed E-state index contributed by atoms with van der Waals surface area (Å²) >= 11 is 0. The number of fused-ring (bicyclic) bond motifs is 6. The molecule has 0 aliphatic carbocycles. The average Bonchev–Trinajstić information content (AvgIpc) is 2.82. The predicted octanol–water partition coefficient (Wildman–Crippen LogP) is 5.12. The van der Waals surface area contributed by atoms with Crippen LogP contribution in [0.25, 0.3) is 27.9 Å². The van der Waals surface area contributed by atoms with E-state index in [1.54, 1.807) is 0 Å². The molecule has 5 rings (SSSR count). The van der Waals surface area contributed by atoms with Gasteiger partial charge in [-0.15, -0.1) is 0 Å². The molecular formula is C20H14N2. The van der Waals surface area contributed by atoms with Crippen molar-refractivity contribution in [2.75, 3.05) is 4.90 Å². The molecule has 0 bridgehead atoms. The Labute approximate surface area is 128 Å². The second-order valence-electron chi connectivity index (χ2n) is 5.65. The summed E-state index contributed by atoms with van der Waals surface area (Å²) in [6, 6.07) is 13.0. The zero-order valence-corrected chi connectivity index (χ0v) is 12.0. The Balaban J connectivity index is 1.84. The fourth-order valence-corrected chi connectivity index (χ4v) is 3.31. The molecule has 2 aliphatic rings. The lowest BCUT2D eigenvalue weighted by atomic mass is 10.1. The standard InChI is InChI=1S/C20H14N2/c1-2-10-18-16(9-1)17-12-14-6-5-8-15-7-3-4-11-22(15)20(14)13-19(17)21-18/h1-13,21H. The number of aromatic nitrogens is 1. The van der Waals surface area contributed by atoms with Crippen molar-refractivity contribution in [1.29, 1.82) is 0 Å². The molecule has 104 valence electrons. The van der Waals surface area contributed by atoms with Gasteiger partial charge >= 0.3 is 0 Å². The summed E-state index contributed by atoms with van der Waals surface area (Å²) in [5.74, 6) is 0. The van der Waals surface area contributed by atoms with Crippen LogP contribution in [0.2, 0.25) is 0 Å². The number of allylic oxidation sites excluding steroid dienone is 5. The quantitative estimate of drug-likeness (QED) is 0.606. The highest BCUT2D eigenvalue weighted by molar-refractivity contribution is 6.09. The first-order chi connectivity index (χ1) is 10.9. The maximum absolute atomic E-state index is 3.53. The molecule has 3 aromatic rings. The second-order valence-corrected chi connectivity index (χ2v) is 5.65. The number of benzene rings is 2. The molecule has 2 nitrogen and oxygen atoms in total. The molecule has 0 unspecified atom stereocenters. The predicted molar refractivity (Wildman–Crippen MR) is 93.7 cm³/mol. The number of hydrogen-bond acceptors (Lipinski definition) is 1. The molecule has 1 N–H and O–H groups in total. The number of nitrogens with zero attached hydrogens (tertiary/aromatic N) is 1. The van der Waals surface area contributed by atoms with E-state index in [-0.39, 0.29) is 0 Å². The van der Waals surface area contributed by atoms with E-state index in [0.717, 1.165) is 0 Å². The van der Waals surface area contributed by atoms with E-state index < -0.39 is 0 Å². The molecule has 0 fully saturated rings. The number of para-hydroxylation sites is 1. The lowest BCUT2D eigenvalue weighted by molar-refractivity contribution is 1.19. The van der Waals surface area contributed by atoms with Crippen LogP contribution in [0, 0.1) is 0 Å². The molecular weight excluding hydrogens is 268 g/mol. The van der Waals surface area contributed by atoms with Gasteiger partial charge in [-0.2, -0.15) is 0 Å². The average molecular weight is 282 g/mol. The third kappa shape index (κ3) is 1.55. The number of anilines is 1. The number of hydrogen-bond donors (Lipinski definition) is 1. The summed E-state index contributed by atoms with van der Waals surface area (Å²) in [5.41, 5.74) is 6.00. The van der Waals surface area contributed by atoms with Crippen molar-refractivity contribution >= 4 is 33.6 Å². The van der Waals surface area contributed by atoms with Gasteiger partial charge in [0.25, 0.3) is 0 Å². The SMILES string of the molecule is C1=CC2=CC=Cc3cc4c(cc3N2C=C1)[nH]c1ccccc14. The van der Waals surface area contributed by atoms with Crippen LogP contribution >= 0.6 is 0 Å². The summed E-state index contributed by atoms with van der Waals surface area (Å²) in [6.45, 7) is 0. The highest BCUT2D eigenvalue weighted by Gasteiger charge is 2.16. The van der Waals surface area contributed by atoms with E-state index in [0.29, 0.717) is 0 Å². The van der Waals surface area contributed by atoms with Crippen LogP contribution in [-0.4, -0.2) is 4.98 Å². The molecule has 2 aliphatic heterocycles. The smallest absolute Gasteiger partial charge is 0.0548 e. The van der Waals surface area contributed by atoms with Crippen LogP contribution < -0.4 is 4.90 Å². The van der Waals surface area contributed by atoms with Crippen LogP contribution in [0.1, 0.15) is 5.56 Å². The van der Waals surface area contributed by atoms with E-state index in [4.69, 9.17) is 0 Å². The van der Waals surface area contributed by atoms with Gasteiger partial charge < -0.3 is 9.88 Å². The Kier molecular flexibility index (Phi) is 2.25. The van der Waals surface area contributed by atoms with Crippen molar-refractivity contribution in [3.63, 3.8) is 0 Å². The van der Waals surface area contributed by atoms with Crippen molar-refractivity contribution in [1.82, 2.24) is 4.98 Å². The summed E-state index contributed by atoms with van der Waals surface area (Å²) in [6.07, 6.45) is 14.8. The van der Waals surface area contributed by atoms with E-state index in [2.05, 4.69) is 88.9 Å². The van der Waals surface area contributed by atoms with Gasteiger partial charge in [0, 0.05) is 33.7 Å². The van der Waals surface area contributed by atoms with Crippen molar-refractivity contribution in [3.8, 4) is 0 Å². The van der Waals surface area contributed by atoms with Gasteiger partial charge in [0.15, 0.2) is 0 Å². The van der Waals surface area contributed by atoms with Gasteiger partial charge in [-0.05, 0) is 42.0 Å². The van der Waals surface area contributed by atoms with Crippen LogP contribution in [0.3, 0.4) is 0 Å². The second kappa shape index (κ2) is 4.25. The van der Waals surface area contributed by atoms with E-state index in [1.807, 2.05) is 0 Å². The van der Waals surface area contributed by atoms with Crippen LogP contribution in [0.5, 0.6) is 0 Å². The first-order valence-electron chi connectivity index (χ1n) is 7.47. The number of aromatic amines is 1. The maximum atomic E-state index is 3.53. The molecule has 0 saturated carbocycles. The lowest BCUT2D eigenvalue weighted by Crippen LogP contribution is -2.15. The molecule has 0 spiro atoms. The Hall–Kier alpha value is -3.00. The van der Waals surface area contributed by atoms with Crippen molar-refractivity contribution in [2.24, 2.45) is 0 Å². The molecule has 0 amide bonds. The summed E-state index contributed by atoms with van der Waals surface area (Å²) in [5, 5.41) is 2.55. The van der Waals surface area contributed by atoms with E-state index in [1.165, 1.54) is 38.8 Å². The number of H-pyrrole nitrogens is 1. The van der Waals surface area contributed by atoms with Crippen LogP contribution in [0.4, 0.5) is 5.69 Å². The zero-order valence-electron chi connectivity index (χ0n) is 12.0. The molecule has 0 saturated heterocycles. The normalized spacial score (nSPS) is 15.8. The largest absolute Gasteiger partial charge is 0.354 e. The van der Waals surface area contributed by atoms with Crippen LogP contribution in [-0.2, 0) is 0 Å². The minimum atomic E-state index is 1.18. The molecule has 3 heterocycles. The lowest BCUT2D eigenvalue weighted by Gasteiger charge is -2.24. The monoisotopic (exact) mass is 282 g/mol. The highest BCUT2D eigenvalue weighted by atomic mass is 15.1. The maximum Gasteiger partial charge on any atom is 0.0548 e. The highest BCUT2D eigenvalue weighted by Crippen LogP contribution is 2.36. The Morgan fingerprint density at radius 3 is 2.77 bits per heavy atom. The first-order valence-corrected chi connectivity index (χ1v) is 7.47. The topological polar surface area (TPSA) is 19.0 Å². The minimum Gasteiger partial charge on any atom is -0.354 e. The first kappa shape index (κ1) is 11.6. The van der Waals surface area contributed by atoms with Crippen LogP contribution in [0.15, 0.2) is 78.7 Å². The molecule has 0 radical (unpaired) electrons. The van der Waals surface area contributed by atoms with E-state index >= 15 is 0 Å². The zero-order chi connectivity index (χ0) is 14.5. The van der Waals surface area contributed by atoms with E-state index in [9.17, 15) is 0 Å². The molecule has 22 heavy (non-hydrogen) atoms. The van der Waals surface area contributed by atoms with Crippen molar-refractivity contribution in [2.45, 2.75) is 0 Å². The summed E-state index contributed by atoms with van der Waals surface area (Å²) < 4.78 is 0. The van der Waals surface area contributed by atoms with Crippen molar-refractivity contribution in [3.05, 3.63) is 84.2 Å². The fourth-order valence-electron chi connectivity index (χ4n) is 3.31. The van der Waals surface area contributed by atoms with Gasteiger partial charge in [-0.1, -0.05) is 36.4 Å². The molecule has 1 aromatic heterocycles. The Bertz CT molecular complexity index is 1030. The van der Waals surface area contributed by atoms with Gasteiger partial charge in [0.05, 0.1) is 5.69 Å². The molecule has 2 aromatic carbocycles. The molecule has 0 atom stereocenters. The van der Waals surface area contributed by atoms with Gasteiger partial charge in [0.1, 0.15) is 0 Å². The fraction of sp³-hybridized carbons (Fsp3) is 0. The third-order valence-electron chi connectivity index (χ3n) is 4.35. The Morgan fingerprint density at radius 1 is 0.818 bits per heavy atom. The minimum absolute atomic E-state index is 1.18. The van der Waals surface area contributed by atoms with Crippen molar-refractivity contribution < 1.29 is 0 Å². The van der Waals surface area contributed by atoms with Gasteiger partial charge in [-0.25, -0.2) is 0 Å². The van der Waals surface area contributed by atoms with Gasteiger partial charge in [-0.3, -0.25) is 0 Å².